The molecule has 0 fully saturated rings. The minimum Gasteiger partial charge on any atom is -0.508 e. The first-order chi connectivity index (χ1) is 14.6. The van der Waals surface area contributed by atoms with Crippen molar-refractivity contribution in [3.05, 3.63) is 62.8 Å². The van der Waals surface area contributed by atoms with Crippen molar-refractivity contribution in [2.45, 2.75) is 48.0 Å². The lowest BCUT2D eigenvalue weighted by molar-refractivity contribution is 0.100. The molecular weight excluding hydrogens is 388 g/mol. The molecule has 1 aromatic carbocycles. The fraction of sp³-hybridized carbons (Fsp3) is 0.320. The zero-order chi connectivity index (χ0) is 23.5. The Hall–Kier alpha value is -3.41. The number of aryl methyl sites for hydroxylation is 1. The smallest absolute Gasteiger partial charge is 0.253 e. The Kier molecular flexibility index (Phi) is 7.39. The minimum absolute atomic E-state index is 0.156. The summed E-state index contributed by atoms with van der Waals surface area (Å²) in [7, 11) is 1.87. The van der Waals surface area contributed by atoms with Crippen LogP contribution in [0.2, 0.25) is 0 Å². The van der Waals surface area contributed by atoms with E-state index in [1.165, 1.54) is 0 Å². The fourth-order valence-corrected chi connectivity index (χ4v) is 3.99. The van der Waals surface area contributed by atoms with Crippen LogP contribution < -0.4 is 27.4 Å². The summed E-state index contributed by atoms with van der Waals surface area (Å²) in [5, 5.41) is 15.1. The van der Waals surface area contributed by atoms with Gasteiger partial charge in [-0.3, -0.25) is 9.36 Å². The number of nitrogens with two attached hydrogens (primary N) is 2. The number of amides is 1. The third-order valence-corrected chi connectivity index (χ3v) is 5.40. The van der Waals surface area contributed by atoms with Crippen molar-refractivity contribution >= 4 is 23.4 Å². The van der Waals surface area contributed by atoms with Crippen molar-refractivity contribution in [1.29, 1.82) is 0 Å². The predicted octanol–water partition coefficient (Wildman–Crippen LogP) is 2.91. The van der Waals surface area contributed by atoms with E-state index in [9.17, 15) is 9.90 Å². The molecule has 0 aliphatic heterocycles. The Morgan fingerprint density at radius 2 is 1.90 bits per heavy atom. The molecule has 0 spiro atoms. The number of aromatic nitrogens is 1. The van der Waals surface area contributed by atoms with Crippen LogP contribution in [0.5, 0.6) is 5.75 Å². The van der Waals surface area contributed by atoms with E-state index in [4.69, 9.17) is 11.5 Å². The highest BCUT2D eigenvalue weighted by atomic mass is 16.3. The SMILES string of the molecule is C/C=c1/c(C(N)=O)c(N)n(-c2c(C)ccc(O)c2C)/c1=C(\C=C\CC)C(NC)=C(C)C. The van der Waals surface area contributed by atoms with E-state index in [1.807, 2.05) is 64.5 Å². The Morgan fingerprint density at radius 1 is 1.26 bits per heavy atom. The molecule has 6 heteroatoms. The molecule has 6 nitrogen and oxygen atoms in total. The number of aromatic hydroxyl groups is 1. The Labute approximate surface area is 184 Å². The van der Waals surface area contributed by atoms with E-state index in [-0.39, 0.29) is 17.1 Å². The maximum Gasteiger partial charge on any atom is 0.253 e. The first-order valence-electron chi connectivity index (χ1n) is 10.4. The molecule has 6 N–H and O–H groups in total. The van der Waals surface area contributed by atoms with Gasteiger partial charge in [-0.1, -0.05) is 36.8 Å². The number of allylic oxidation sites excluding steroid dienone is 3. The van der Waals surface area contributed by atoms with Gasteiger partial charge in [0.05, 0.1) is 16.6 Å². The molecule has 31 heavy (non-hydrogen) atoms. The normalized spacial score (nSPS) is 12.9. The number of primary amides is 1. The largest absolute Gasteiger partial charge is 0.508 e. The number of rotatable bonds is 6. The third-order valence-electron chi connectivity index (χ3n) is 5.40. The van der Waals surface area contributed by atoms with Crippen LogP contribution >= 0.6 is 0 Å². The molecule has 0 saturated carbocycles. The monoisotopic (exact) mass is 422 g/mol. The summed E-state index contributed by atoms with van der Waals surface area (Å²) in [6.45, 7) is 11.8. The summed E-state index contributed by atoms with van der Waals surface area (Å²) in [5.74, 6) is -0.189. The van der Waals surface area contributed by atoms with Crippen LogP contribution in [0.4, 0.5) is 5.82 Å². The molecule has 0 saturated heterocycles. The highest BCUT2D eigenvalue weighted by Gasteiger charge is 2.23. The molecule has 0 unspecified atom stereocenters. The van der Waals surface area contributed by atoms with Gasteiger partial charge >= 0.3 is 0 Å². The van der Waals surface area contributed by atoms with E-state index in [1.54, 1.807) is 6.07 Å². The average molecular weight is 423 g/mol. The first kappa shape index (κ1) is 23.9. The minimum atomic E-state index is -0.594. The Morgan fingerprint density at radius 3 is 2.39 bits per heavy atom. The van der Waals surface area contributed by atoms with Gasteiger partial charge in [-0.15, -0.1) is 0 Å². The molecule has 1 amide bonds. The molecular formula is C25H34N4O2. The number of carbonyl (C=O) groups is 1. The van der Waals surface area contributed by atoms with Crippen LogP contribution in [0, 0.1) is 13.8 Å². The number of anilines is 1. The van der Waals surface area contributed by atoms with Gasteiger partial charge in [-0.05, 0) is 52.7 Å². The van der Waals surface area contributed by atoms with E-state index in [2.05, 4.69) is 18.3 Å². The van der Waals surface area contributed by atoms with Crippen molar-refractivity contribution in [3.63, 3.8) is 0 Å². The van der Waals surface area contributed by atoms with E-state index in [0.29, 0.717) is 10.8 Å². The number of nitrogen functional groups attached to an aromatic ring is 1. The number of hydrogen-bond donors (Lipinski definition) is 4. The molecule has 0 atom stereocenters. The number of hydrogen-bond acceptors (Lipinski definition) is 4. The number of phenols is 1. The highest BCUT2D eigenvalue weighted by molar-refractivity contribution is 5.99. The second-order valence-electron chi connectivity index (χ2n) is 7.74. The summed E-state index contributed by atoms with van der Waals surface area (Å²) in [6.07, 6.45) is 6.80. The topological polar surface area (TPSA) is 106 Å². The van der Waals surface area contributed by atoms with Gasteiger partial charge in [0, 0.05) is 29.1 Å². The van der Waals surface area contributed by atoms with Crippen LogP contribution in [0.3, 0.4) is 0 Å². The number of nitrogens with zero attached hydrogens (tertiary/aromatic N) is 1. The van der Waals surface area contributed by atoms with Crippen LogP contribution in [0.25, 0.3) is 17.3 Å². The Bertz CT molecular complexity index is 1190. The summed E-state index contributed by atoms with van der Waals surface area (Å²) < 4.78 is 1.84. The number of benzene rings is 1. The molecule has 166 valence electrons. The second-order valence-corrected chi connectivity index (χ2v) is 7.74. The highest BCUT2D eigenvalue weighted by Crippen LogP contribution is 2.28. The molecule has 1 aromatic heterocycles. The summed E-state index contributed by atoms with van der Waals surface area (Å²) in [5.41, 5.74) is 17.8. The van der Waals surface area contributed by atoms with E-state index >= 15 is 0 Å². The second kappa shape index (κ2) is 9.60. The van der Waals surface area contributed by atoms with Gasteiger partial charge in [-0.2, -0.15) is 0 Å². The van der Waals surface area contributed by atoms with E-state index in [0.717, 1.165) is 39.9 Å². The van der Waals surface area contributed by atoms with Gasteiger partial charge < -0.3 is 21.9 Å². The number of phenolic OH excluding ortho intramolecular Hbond substituents is 1. The molecule has 0 aliphatic rings. The van der Waals surface area contributed by atoms with Crippen molar-refractivity contribution in [3.8, 4) is 11.4 Å². The standard InChI is InChI=1S/C25H34N4O2/c1-8-10-11-18(21(28-7)14(3)4)23-17(9-2)20(25(27)31)24(26)29(23)22-15(5)12-13-19(30)16(22)6/h9-13,28,30H,8,26H2,1-7H3,(H2,27,31)/b11-10+,17-9-,23-18+. The van der Waals surface area contributed by atoms with Gasteiger partial charge in [0.2, 0.25) is 0 Å². The lowest BCUT2D eigenvalue weighted by Gasteiger charge is -2.18. The van der Waals surface area contributed by atoms with Gasteiger partial charge in [0.25, 0.3) is 5.91 Å². The van der Waals surface area contributed by atoms with Gasteiger partial charge in [0.1, 0.15) is 11.6 Å². The Balaban J connectivity index is 3.40. The molecule has 0 aliphatic carbocycles. The number of nitrogens with one attached hydrogen (secondary N) is 1. The molecule has 1 heterocycles. The van der Waals surface area contributed by atoms with Crippen molar-refractivity contribution in [1.82, 2.24) is 9.88 Å². The molecule has 2 rings (SSSR count). The van der Waals surface area contributed by atoms with Crippen LogP contribution in [0.1, 0.15) is 55.6 Å². The lowest BCUT2D eigenvalue weighted by atomic mass is 10.0. The van der Waals surface area contributed by atoms with Crippen LogP contribution in [0.15, 0.2) is 35.6 Å². The molecule has 0 radical (unpaired) electrons. The lowest BCUT2D eigenvalue weighted by Crippen LogP contribution is -2.36. The van der Waals surface area contributed by atoms with Crippen molar-refractivity contribution in [2.75, 3.05) is 12.8 Å². The summed E-state index contributed by atoms with van der Waals surface area (Å²) in [6, 6.07) is 3.49. The maximum atomic E-state index is 12.4. The summed E-state index contributed by atoms with van der Waals surface area (Å²) in [4.78, 5) is 12.4. The van der Waals surface area contributed by atoms with Crippen LogP contribution in [-0.4, -0.2) is 22.6 Å². The molecule has 2 aromatic rings. The quantitative estimate of drug-likeness (QED) is 0.574. The van der Waals surface area contributed by atoms with Crippen molar-refractivity contribution in [2.24, 2.45) is 5.73 Å². The van der Waals surface area contributed by atoms with Crippen molar-refractivity contribution < 1.29 is 9.90 Å². The van der Waals surface area contributed by atoms with Gasteiger partial charge in [-0.25, -0.2) is 0 Å². The van der Waals surface area contributed by atoms with E-state index < -0.39 is 5.91 Å². The first-order valence-corrected chi connectivity index (χ1v) is 10.4. The fourth-order valence-electron chi connectivity index (χ4n) is 3.99. The zero-order valence-corrected chi connectivity index (χ0v) is 19.6. The van der Waals surface area contributed by atoms with Crippen LogP contribution in [-0.2, 0) is 0 Å². The third kappa shape index (κ3) is 4.24. The summed E-state index contributed by atoms with van der Waals surface area (Å²) >= 11 is 0. The number of carbonyl (C=O) groups excluding carboxylic acids is 1. The predicted molar refractivity (Wildman–Crippen MR) is 129 cm³/mol. The van der Waals surface area contributed by atoms with Gasteiger partial charge in [0.15, 0.2) is 0 Å². The average Bonchev–Trinajstić information content (AvgIpc) is 3.00. The maximum absolute atomic E-state index is 12.4. The molecule has 0 bridgehead atoms. The zero-order valence-electron chi connectivity index (χ0n) is 19.6.